The molecule has 2 aromatic rings. The smallest absolute Gasteiger partial charge is 0.330 e. The van der Waals surface area contributed by atoms with E-state index in [9.17, 15) is 30.0 Å². The van der Waals surface area contributed by atoms with Crippen LogP contribution in [0.2, 0.25) is 0 Å². The second kappa shape index (κ2) is 15.3. The standard InChI is InChI=1S/C26H43N7O9/c27-10-7-5-3-1-2-4-6-8-15-13-32(31-30-15)14-17(41-25-22(38)19(35)16(12-28)40-25)23-20(36)21(37)24(42-23)33-11-9-18(34)29-26(33)39/h9,11,13,16-17,19-25,35-38H,1-8,10,12,14,27-28H2,(H,29,34,39)/t16-,17+,19-,20+,21-,22-,23-,24-,25+/m1/s1. The molecule has 0 unspecified atom stereocenters. The number of ether oxygens (including phenoxy) is 3. The van der Waals surface area contributed by atoms with Crippen molar-refractivity contribution in [1.82, 2.24) is 24.5 Å². The third-order valence-electron chi connectivity index (χ3n) is 7.72. The summed E-state index contributed by atoms with van der Waals surface area (Å²) in [5.41, 5.74) is 10.5. The summed E-state index contributed by atoms with van der Waals surface area (Å²) >= 11 is 0. The highest BCUT2D eigenvalue weighted by molar-refractivity contribution is 4.98. The van der Waals surface area contributed by atoms with Crippen LogP contribution in [-0.2, 0) is 27.2 Å². The van der Waals surface area contributed by atoms with E-state index in [1.54, 1.807) is 6.20 Å². The Kier molecular flexibility index (Phi) is 11.8. The molecule has 2 fully saturated rings. The first-order chi connectivity index (χ1) is 20.2. The van der Waals surface area contributed by atoms with Gasteiger partial charge in [-0.15, -0.1) is 5.10 Å². The Hall–Kier alpha value is -2.54. The Balaban J connectivity index is 1.44. The molecule has 2 aromatic heterocycles. The summed E-state index contributed by atoms with van der Waals surface area (Å²) in [4.78, 5) is 25.9. The summed E-state index contributed by atoms with van der Waals surface area (Å²) < 4.78 is 19.9. The molecule has 9 N–H and O–H groups in total. The molecule has 16 nitrogen and oxygen atoms in total. The Labute approximate surface area is 242 Å². The number of hydrogen-bond acceptors (Lipinski definition) is 13. The van der Waals surface area contributed by atoms with Gasteiger partial charge in [0.05, 0.1) is 12.2 Å². The predicted molar refractivity (Wildman–Crippen MR) is 147 cm³/mol. The predicted octanol–water partition coefficient (Wildman–Crippen LogP) is -2.53. The maximum absolute atomic E-state index is 12.3. The van der Waals surface area contributed by atoms with Crippen LogP contribution < -0.4 is 22.7 Å². The van der Waals surface area contributed by atoms with E-state index in [0.717, 1.165) is 67.6 Å². The van der Waals surface area contributed by atoms with E-state index in [-0.39, 0.29) is 13.1 Å². The fraction of sp³-hybridized carbons (Fsp3) is 0.769. The minimum absolute atomic E-state index is 0.0359. The molecular formula is C26H43N7O9. The fourth-order valence-corrected chi connectivity index (χ4v) is 5.33. The molecule has 0 bridgehead atoms. The molecule has 16 heteroatoms. The Bertz CT molecular complexity index is 1220. The molecule has 0 aliphatic carbocycles. The monoisotopic (exact) mass is 597 g/mol. The molecule has 0 amide bonds. The van der Waals surface area contributed by atoms with Gasteiger partial charge < -0.3 is 46.1 Å². The van der Waals surface area contributed by atoms with Gasteiger partial charge in [-0.3, -0.25) is 14.3 Å². The van der Waals surface area contributed by atoms with Gasteiger partial charge in [-0.1, -0.05) is 37.3 Å². The van der Waals surface area contributed by atoms with E-state index in [1.807, 2.05) is 0 Å². The number of aromatic nitrogens is 5. The average Bonchev–Trinajstić information content (AvgIpc) is 3.62. The van der Waals surface area contributed by atoms with Crippen molar-refractivity contribution >= 4 is 0 Å². The third kappa shape index (κ3) is 7.89. The number of aromatic amines is 1. The highest BCUT2D eigenvalue weighted by atomic mass is 16.7. The van der Waals surface area contributed by atoms with E-state index < -0.39 is 66.5 Å². The maximum atomic E-state index is 12.3. The largest absolute Gasteiger partial charge is 0.387 e. The lowest BCUT2D eigenvalue weighted by atomic mass is 10.0. The first-order valence-corrected chi connectivity index (χ1v) is 14.5. The van der Waals surface area contributed by atoms with Gasteiger partial charge >= 0.3 is 5.69 Å². The molecule has 2 saturated heterocycles. The summed E-state index contributed by atoms with van der Waals surface area (Å²) in [5, 5.41) is 50.9. The number of unbranched alkanes of at least 4 members (excludes halogenated alkanes) is 6. The normalized spacial score (nSPS) is 30.2. The van der Waals surface area contributed by atoms with Gasteiger partial charge in [-0.05, 0) is 25.8 Å². The van der Waals surface area contributed by atoms with E-state index in [4.69, 9.17) is 25.7 Å². The zero-order valence-corrected chi connectivity index (χ0v) is 23.5. The molecule has 236 valence electrons. The first-order valence-electron chi connectivity index (χ1n) is 14.5. The van der Waals surface area contributed by atoms with E-state index in [0.29, 0.717) is 0 Å². The lowest BCUT2D eigenvalue weighted by Gasteiger charge is -2.29. The quantitative estimate of drug-likeness (QED) is 0.0988. The minimum atomic E-state index is -1.57. The third-order valence-corrected chi connectivity index (χ3v) is 7.72. The van der Waals surface area contributed by atoms with Crippen LogP contribution in [0.5, 0.6) is 0 Å². The van der Waals surface area contributed by atoms with Gasteiger partial charge in [-0.2, -0.15) is 0 Å². The van der Waals surface area contributed by atoms with Crippen LogP contribution in [0.25, 0.3) is 0 Å². The number of rotatable bonds is 16. The molecule has 0 radical (unpaired) electrons. The number of hydrogen-bond donors (Lipinski definition) is 7. The summed E-state index contributed by atoms with van der Waals surface area (Å²) in [6.45, 7) is 0.626. The van der Waals surface area contributed by atoms with Crippen LogP contribution in [0.4, 0.5) is 0 Å². The first kappa shape index (κ1) is 32.4. The highest BCUT2D eigenvalue weighted by Crippen LogP contribution is 2.33. The van der Waals surface area contributed by atoms with Gasteiger partial charge in [-0.25, -0.2) is 9.48 Å². The Morgan fingerprint density at radius 1 is 0.952 bits per heavy atom. The Morgan fingerprint density at radius 2 is 1.67 bits per heavy atom. The van der Waals surface area contributed by atoms with Gasteiger partial charge in [0.1, 0.15) is 42.7 Å². The maximum Gasteiger partial charge on any atom is 0.330 e. The zero-order chi connectivity index (χ0) is 30.2. The number of nitrogens with one attached hydrogen (secondary N) is 1. The Morgan fingerprint density at radius 3 is 2.33 bits per heavy atom. The molecule has 9 atom stereocenters. The number of nitrogens with zero attached hydrogens (tertiary/aromatic N) is 4. The van der Waals surface area contributed by atoms with Gasteiger partial charge in [0.2, 0.25) is 0 Å². The summed E-state index contributed by atoms with van der Waals surface area (Å²) in [5.74, 6) is 0. The van der Waals surface area contributed by atoms with Gasteiger partial charge in [0.15, 0.2) is 12.5 Å². The summed E-state index contributed by atoms with van der Waals surface area (Å²) in [6, 6.07) is 1.08. The number of aliphatic hydroxyl groups excluding tert-OH is 4. The van der Waals surface area contributed by atoms with Crippen molar-refractivity contribution in [3.05, 3.63) is 45.0 Å². The molecular weight excluding hydrogens is 554 g/mol. The van der Waals surface area contributed by atoms with E-state index >= 15 is 0 Å². The second-order valence-corrected chi connectivity index (χ2v) is 10.9. The lowest BCUT2D eigenvalue weighted by molar-refractivity contribution is -0.223. The topological polar surface area (TPSA) is 246 Å². The zero-order valence-electron chi connectivity index (χ0n) is 23.5. The van der Waals surface area contributed by atoms with Crippen molar-refractivity contribution in [2.45, 2.75) is 113 Å². The second-order valence-electron chi connectivity index (χ2n) is 10.9. The fourth-order valence-electron chi connectivity index (χ4n) is 5.33. The van der Waals surface area contributed by atoms with E-state index in [2.05, 4.69) is 15.3 Å². The van der Waals surface area contributed by atoms with Gasteiger partial charge in [0.25, 0.3) is 5.56 Å². The van der Waals surface area contributed by atoms with Crippen molar-refractivity contribution in [3.8, 4) is 0 Å². The number of H-pyrrole nitrogens is 1. The molecule has 2 aliphatic heterocycles. The van der Waals surface area contributed by atoms with Crippen molar-refractivity contribution in [1.29, 1.82) is 0 Å². The number of aliphatic hydroxyl groups is 4. The van der Waals surface area contributed by atoms with Crippen molar-refractivity contribution in [3.63, 3.8) is 0 Å². The number of aryl methyl sites for hydroxylation is 1. The van der Waals surface area contributed by atoms with Crippen molar-refractivity contribution < 1.29 is 34.6 Å². The molecule has 2 aliphatic rings. The van der Waals surface area contributed by atoms with Crippen LogP contribution in [0.3, 0.4) is 0 Å². The van der Waals surface area contributed by atoms with Crippen molar-refractivity contribution in [2.24, 2.45) is 11.5 Å². The summed E-state index contributed by atoms with van der Waals surface area (Å²) in [6.07, 6.45) is -0.414. The van der Waals surface area contributed by atoms with Crippen LogP contribution in [0, 0.1) is 0 Å². The molecule has 4 rings (SSSR count). The molecule has 0 spiro atoms. The molecule has 0 saturated carbocycles. The highest BCUT2D eigenvalue weighted by Gasteiger charge is 2.51. The lowest BCUT2D eigenvalue weighted by Crippen LogP contribution is -2.46. The molecule has 42 heavy (non-hydrogen) atoms. The molecule has 4 heterocycles. The van der Waals surface area contributed by atoms with Crippen LogP contribution in [0.15, 0.2) is 28.0 Å². The average molecular weight is 598 g/mol. The van der Waals surface area contributed by atoms with Crippen LogP contribution >= 0.6 is 0 Å². The SMILES string of the molecule is NCCCCCCCCCc1cn(C[C@H](O[C@@H]2O[C@H](CN)[C@@H](O)[C@H]2O)[C@H]2O[C@@H](n3ccc(=O)[nH]c3=O)[C@H](O)[C@@H]2O)nn1. The van der Waals surface area contributed by atoms with Crippen molar-refractivity contribution in [2.75, 3.05) is 13.1 Å². The van der Waals surface area contributed by atoms with Gasteiger partial charge in [0, 0.05) is 25.0 Å². The molecule has 0 aromatic carbocycles. The number of nitrogens with two attached hydrogens (primary N) is 2. The summed E-state index contributed by atoms with van der Waals surface area (Å²) in [7, 11) is 0. The van der Waals surface area contributed by atoms with Crippen LogP contribution in [0.1, 0.15) is 56.9 Å². The van der Waals surface area contributed by atoms with E-state index in [1.165, 1.54) is 17.5 Å². The minimum Gasteiger partial charge on any atom is -0.387 e. The van der Waals surface area contributed by atoms with Crippen LogP contribution in [-0.4, -0.2) is 107 Å².